The molecule has 102 valence electrons. The first-order valence-electron chi connectivity index (χ1n) is 6.54. The van der Waals surface area contributed by atoms with E-state index in [1.54, 1.807) is 0 Å². The van der Waals surface area contributed by atoms with Gasteiger partial charge in [-0.15, -0.1) is 0 Å². The number of hydrogen-bond donors (Lipinski definition) is 0. The lowest BCUT2D eigenvalue weighted by Crippen LogP contribution is -1.91. The first-order valence-corrected chi connectivity index (χ1v) is 6.54. The second-order valence-corrected chi connectivity index (χ2v) is 5.02. The molecule has 0 saturated carbocycles. The topological polar surface area (TPSA) is 0 Å². The molecule has 3 heteroatoms. The number of fused-ring (bicyclic) bond motifs is 2. The SMILES string of the molecule is Fc1cc2c(F)cc1-c1ccc(F)c-2c1-c1ccccc1. The summed E-state index contributed by atoms with van der Waals surface area (Å²) >= 11 is 0. The first kappa shape index (κ1) is 12.2. The zero-order valence-corrected chi connectivity index (χ0v) is 10.8. The Kier molecular flexibility index (Phi) is 2.45. The summed E-state index contributed by atoms with van der Waals surface area (Å²) < 4.78 is 42.6. The van der Waals surface area contributed by atoms with Crippen LogP contribution in [0.5, 0.6) is 0 Å². The third-order valence-electron chi connectivity index (χ3n) is 3.83. The summed E-state index contributed by atoms with van der Waals surface area (Å²) in [5.41, 5.74) is 2.03. The van der Waals surface area contributed by atoms with E-state index in [0.29, 0.717) is 11.1 Å². The van der Waals surface area contributed by atoms with Crippen molar-refractivity contribution in [2.24, 2.45) is 0 Å². The average Bonchev–Trinajstić information content (AvgIpc) is 2.64. The van der Waals surface area contributed by atoms with Crippen LogP contribution in [0.4, 0.5) is 13.2 Å². The van der Waals surface area contributed by atoms with Gasteiger partial charge in [-0.05, 0) is 29.3 Å². The molecule has 21 heavy (non-hydrogen) atoms. The van der Waals surface area contributed by atoms with Crippen LogP contribution in [-0.4, -0.2) is 0 Å². The van der Waals surface area contributed by atoms with E-state index in [2.05, 4.69) is 0 Å². The molecule has 0 heterocycles. The number of rotatable bonds is 1. The van der Waals surface area contributed by atoms with Gasteiger partial charge in [-0.2, -0.15) is 0 Å². The summed E-state index contributed by atoms with van der Waals surface area (Å²) in [5.74, 6) is -1.70. The molecular weight excluding hydrogens is 273 g/mol. The Morgan fingerprint density at radius 3 is 1.95 bits per heavy atom. The summed E-state index contributed by atoms with van der Waals surface area (Å²) in [7, 11) is 0. The van der Waals surface area contributed by atoms with E-state index in [1.807, 2.05) is 30.3 Å². The number of halogens is 3. The lowest BCUT2D eigenvalue weighted by atomic mass is 9.91. The van der Waals surface area contributed by atoms with Gasteiger partial charge < -0.3 is 0 Å². The van der Waals surface area contributed by atoms with Crippen molar-refractivity contribution >= 4 is 0 Å². The van der Waals surface area contributed by atoms with Gasteiger partial charge in [-0.1, -0.05) is 36.4 Å². The molecular formula is C18H9F3. The Hall–Kier alpha value is -2.55. The molecule has 0 atom stereocenters. The summed E-state index contributed by atoms with van der Waals surface area (Å²) in [5, 5.41) is 0. The summed E-state index contributed by atoms with van der Waals surface area (Å²) in [6, 6.07) is 14.1. The summed E-state index contributed by atoms with van der Waals surface area (Å²) in [4.78, 5) is 0. The van der Waals surface area contributed by atoms with Crippen LogP contribution in [0.15, 0.2) is 54.6 Å². The molecule has 5 rings (SSSR count). The van der Waals surface area contributed by atoms with Crippen LogP contribution in [0, 0.1) is 17.5 Å². The first-order chi connectivity index (χ1) is 10.2. The van der Waals surface area contributed by atoms with Crippen molar-refractivity contribution in [1.29, 1.82) is 0 Å². The van der Waals surface area contributed by atoms with Crippen molar-refractivity contribution in [2.45, 2.75) is 0 Å². The number of hydrogen-bond acceptors (Lipinski definition) is 0. The molecule has 0 fully saturated rings. The van der Waals surface area contributed by atoms with E-state index in [9.17, 15) is 13.2 Å². The Bertz CT molecular complexity index is 867. The lowest BCUT2D eigenvalue weighted by Gasteiger charge is -2.12. The summed E-state index contributed by atoms with van der Waals surface area (Å²) in [6.07, 6.45) is 0. The molecule has 3 aromatic carbocycles. The molecule has 0 spiro atoms. The fraction of sp³-hybridized carbons (Fsp3) is 0. The van der Waals surface area contributed by atoms with E-state index < -0.39 is 17.5 Å². The van der Waals surface area contributed by atoms with Gasteiger partial charge in [0.15, 0.2) is 0 Å². The lowest BCUT2D eigenvalue weighted by molar-refractivity contribution is 0.603. The fourth-order valence-corrected chi connectivity index (χ4v) is 2.91. The van der Waals surface area contributed by atoms with E-state index in [-0.39, 0.29) is 16.7 Å². The largest absolute Gasteiger partial charge is 0.206 e. The van der Waals surface area contributed by atoms with Crippen molar-refractivity contribution in [2.75, 3.05) is 0 Å². The Morgan fingerprint density at radius 1 is 0.524 bits per heavy atom. The van der Waals surface area contributed by atoms with Crippen LogP contribution in [0.3, 0.4) is 0 Å². The molecule has 0 unspecified atom stereocenters. The zero-order chi connectivity index (χ0) is 14.6. The molecule has 0 aliphatic heterocycles. The minimum absolute atomic E-state index is 0.0352. The molecule has 4 bridgehead atoms. The van der Waals surface area contributed by atoms with Crippen LogP contribution in [0.2, 0.25) is 0 Å². The highest BCUT2D eigenvalue weighted by Gasteiger charge is 2.27. The van der Waals surface area contributed by atoms with Crippen molar-refractivity contribution in [3.63, 3.8) is 0 Å². The maximum Gasteiger partial charge on any atom is 0.131 e. The van der Waals surface area contributed by atoms with Gasteiger partial charge in [-0.25, -0.2) is 13.2 Å². The minimum Gasteiger partial charge on any atom is -0.206 e. The van der Waals surface area contributed by atoms with Crippen LogP contribution >= 0.6 is 0 Å². The molecule has 2 aliphatic carbocycles. The van der Waals surface area contributed by atoms with E-state index >= 15 is 0 Å². The van der Waals surface area contributed by atoms with Crippen molar-refractivity contribution in [1.82, 2.24) is 0 Å². The third-order valence-corrected chi connectivity index (χ3v) is 3.83. The van der Waals surface area contributed by atoms with Crippen LogP contribution in [0.1, 0.15) is 0 Å². The van der Waals surface area contributed by atoms with E-state index in [1.165, 1.54) is 12.1 Å². The van der Waals surface area contributed by atoms with E-state index in [0.717, 1.165) is 17.7 Å². The second-order valence-electron chi connectivity index (χ2n) is 5.02. The standard InChI is InChI=1S/C18H9F3/c19-14-7-6-11-12-8-16(21)13(9-15(12)20)18(14)17(11)10-4-2-1-3-5-10/h1-9H. The number of benzene rings is 3. The van der Waals surface area contributed by atoms with Crippen molar-refractivity contribution < 1.29 is 13.2 Å². The Labute approximate surface area is 119 Å². The van der Waals surface area contributed by atoms with Crippen molar-refractivity contribution in [3.8, 4) is 33.4 Å². The molecule has 0 amide bonds. The molecule has 0 saturated heterocycles. The highest BCUT2D eigenvalue weighted by atomic mass is 19.1. The smallest absolute Gasteiger partial charge is 0.131 e. The van der Waals surface area contributed by atoms with Gasteiger partial charge in [0.05, 0.1) is 0 Å². The average molecular weight is 282 g/mol. The second kappa shape index (κ2) is 4.22. The van der Waals surface area contributed by atoms with Crippen LogP contribution in [0.25, 0.3) is 33.4 Å². The minimum atomic E-state index is -0.608. The predicted molar refractivity (Wildman–Crippen MR) is 76.2 cm³/mol. The van der Waals surface area contributed by atoms with Gasteiger partial charge in [0, 0.05) is 22.3 Å². The maximum atomic E-state index is 14.3. The predicted octanol–water partition coefficient (Wildman–Crippen LogP) is 5.42. The third kappa shape index (κ3) is 1.64. The quantitative estimate of drug-likeness (QED) is 0.437. The molecule has 0 radical (unpaired) electrons. The highest BCUT2D eigenvalue weighted by molar-refractivity contribution is 5.97. The Balaban J connectivity index is 2.20. The zero-order valence-electron chi connectivity index (χ0n) is 10.8. The van der Waals surface area contributed by atoms with Gasteiger partial charge in [0.2, 0.25) is 0 Å². The molecule has 0 N–H and O–H groups in total. The van der Waals surface area contributed by atoms with Gasteiger partial charge in [-0.3, -0.25) is 0 Å². The van der Waals surface area contributed by atoms with Gasteiger partial charge >= 0.3 is 0 Å². The molecule has 3 aromatic rings. The fourth-order valence-electron chi connectivity index (χ4n) is 2.91. The normalized spacial score (nSPS) is 11.6. The van der Waals surface area contributed by atoms with Crippen molar-refractivity contribution in [3.05, 3.63) is 72.0 Å². The van der Waals surface area contributed by atoms with Crippen LogP contribution < -0.4 is 0 Å². The van der Waals surface area contributed by atoms with Gasteiger partial charge in [0.25, 0.3) is 0 Å². The van der Waals surface area contributed by atoms with Crippen LogP contribution in [-0.2, 0) is 0 Å². The Morgan fingerprint density at radius 2 is 1.19 bits per heavy atom. The maximum absolute atomic E-state index is 14.3. The van der Waals surface area contributed by atoms with Gasteiger partial charge in [0.1, 0.15) is 17.5 Å². The van der Waals surface area contributed by atoms with E-state index in [4.69, 9.17) is 0 Å². The molecule has 0 nitrogen and oxygen atoms in total. The monoisotopic (exact) mass is 282 g/mol. The molecule has 2 aliphatic rings. The highest BCUT2D eigenvalue weighted by Crippen LogP contribution is 2.47. The summed E-state index contributed by atoms with van der Waals surface area (Å²) in [6.45, 7) is 0. The molecule has 0 aromatic heterocycles.